The molecule has 0 spiro atoms. The highest BCUT2D eigenvalue weighted by Gasteiger charge is 2.19. The summed E-state index contributed by atoms with van der Waals surface area (Å²) in [5.41, 5.74) is 1.93. The number of carbonyl (C=O) groups is 1. The molecule has 94 valence electrons. The lowest BCUT2D eigenvalue weighted by atomic mass is 10.0. The predicted molar refractivity (Wildman–Crippen MR) is 64.5 cm³/mol. The Balaban J connectivity index is 2.91. The fraction of sp³-hybridized carbons (Fsp3) is 0.462. The van der Waals surface area contributed by atoms with Crippen molar-refractivity contribution in [3.8, 4) is 5.75 Å². The summed E-state index contributed by atoms with van der Waals surface area (Å²) in [4.78, 5) is 11.0. The van der Waals surface area contributed by atoms with Crippen LogP contribution in [0.5, 0.6) is 5.75 Å². The maximum atomic E-state index is 11.0. The molecule has 0 heterocycles. The van der Waals surface area contributed by atoms with Gasteiger partial charge in [0.25, 0.3) is 0 Å². The molecule has 1 rings (SSSR count). The Bertz CT molecular complexity index is 387. The number of ether oxygens (including phenoxy) is 2. The van der Waals surface area contributed by atoms with Crippen LogP contribution in [0.15, 0.2) is 18.2 Å². The van der Waals surface area contributed by atoms with E-state index in [1.54, 1.807) is 14.0 Å². The molecule has 0 saturated heterocycles. The van der Waals surface area contributed by atoms with Gasteiger partial charge in [0.2, 0.25) is 0 Å². The van der Waals surface area contributed by atoms with Gasteiger partial charge in [0.05, 0.1) is 7.11 Å². The highest BCUT2D eigenvalue weighted by molar-refractivity contribution is 5.73. The molecular formula is C13H18O4. The Kier molecular flexibility index (Phi) is 4.97. The topological polar surface area (TPSA) is 55.8 Å². The molecule has 0 radical (unpaired) electrons. The van der Waals surface area contributed by atoms with Gasteiger partial charge in [0.15, 0.2) is 6.10 Å². The predicted octanol–water partition coefficient (Wildman–Crippen LogP) is 2.04. The summed E-state index contributed by atoms with van der Waals surface area (Å²) in [5, 5.41) is 9.03. The maximum Gasteiger partial charge on any atom is 0.333 e. The van der Waals surface area contributed by atoms with Gasteiger partial charge in [0, 0.05) is 13.0 Å². The first-order chi connectivity index (χ1) is 8.08. The van der Waals surface area contributed by atoms with Crippen LogP contribution < -0.4 is 4.74 Å². The third-order valence-electron chi connectivity index (χ3n) is 2.48. The van der Waals surface area contributed by atoms with Crippen molar-refractivity contribution in [3.05, 3.63) is 29.3 Å². The van der Waals surface area contributed by atoms with Crippen LogP contribution in [0.25, 0.3) is 0 Å². The average molecular weight is 238 g/mol. The quantitative estimate of drug-likeness (QED) is 0.824. The van der Waals surface area contributed by atoms with Gasteiger partial charge in [-0.2, -0.15) is 0 Å². The molecule has 0 amide bonds. The zero-order chi connectivity index (χ0) is 12.8. The smallest absolute Gasteiger partial charge is 0.333 e. The van der Waals surface area contributed by atoms with E-state index < -0.39 is 12.1 Å². The zero-order valence-corrected chi connectivity index (χ0v) is 10.4. The molecule has 1 atom stereocenters. The van der Waals surface area contributed by atoms with E-state index in [-0.39, 0.29) is 0 Å². The van der Waals surface area contributed by atoms with Crippen molar-refractivity contribution in [2.75, 3.05) is 13.7 Å². The van der Waals surface area contributed by atoms with E-state index in [2.05, 4.69) is 0 Å². The number of aliphatic carboxylic acids is 1. The van der Waals surface area contributed by atoms with Crippen molar-refractivity contribution in [2.24, 2.45) is 0 Å². The van der Waals surface area contributed by atoms with Crippen molar-refractivity contribution >= 4 is 5.97 Å². The lowest BCUT2D eigenvalue weighted by Crippen LogP contribution is -2.26. The van der Waals surface area contributed by atoms with E-state index in [0.717, 1.165) is 11.1 Å². The SMILES string of the molecule is CCO[C@@H](Cc1cc(C)ccc1OC)C(=O)O. The summed E-state index contributed by atoms with van der Waals surface area (Å²) in [6, 6.07) is 5.70. The first-order valence-corrected chi connectivity index (χ1v) is 5.56. The Morgan fingerprint density at radius 1 is 1.47 bits per heavy atom. The van der Waals surface area contributed by atoms with E-state index >= 15 is 0 Å². The van der Waals surface area contributed by atoms with Crippen molar-refractivity contribution in [1.82, 2.24) is 0 Å². The van der Waals surface area contributed by atoms with Crippen LogP contribution in [0.2, 0.25) is 0 Å². The standard InChI is InChI=1S/C13H18O4/c1-4-17-12(13(14)15)8-10-7-9(2)5-6-11(10)16-3/h5-7,12H,4,8H2,1-3H3,(H,14,15)/t12-/m0/s1. The van der Waals surface area contributed by atoms with Gasteiger partial charge in [0.1, 0.15) is 5.75 Å². The fourth-order valence-electron chi connectivity index (χ4n) is 1.69. The molecule has 0 aliphatic rings. The summed E-state index contributed by atoms with van der Waals surface area (Å²) >= 11 is 0. The Morgan fingerprint density at radius 2 is 2.18 bits per heavy atom. The molecular weight excluding hydrogens is 220 g/mol. The minimum absolute atomic E-state index is 0.314. The van der Waals surface area contributed by atoms with Gasteiger partial charge in [-0.3, -0.25) is 0 Å². The lowest BCUT2D eigenvalue weighted by molar-refractivity contribution is -0.149. The second kappa shape index (κ2) is 6.25. The summed E-state index contributed by atoms with van der Waals surface area (Å²) in [6.07, 6.45) is -0.510. The summed E-state index contributed by atoms with van der Waals surface area (Å²) in [7, 11) is 1.57. The number of hydrogen-bond acceptors (Lipinski definition) is 3. The van der Waals surface area contributed by atoms with Crippen molar-refractivity contribution in [1.29, 1.82) is 0 Å². The van der Waals surface area contributed by atoms with Gasteiger partial charge >= 0.3 is 5.97 Å². The largest absolute Gasteiger partial charge is 0.496 e. The van der Waals surface area contributed by atoms with Crippen molar-refractivity contribution < 1.29 is 19.4 Å². The molecule has 0 bridgehead atoms. The number of methoxy groups -OCH3 is 1. The van der Waals surface area contributed by atoms with Crippen LogP contribution in [-0.4, -0.2) is 30.9 Å². The first-order valence-electron chi connectivity index (χ1n) is 5.56. The molecule has 1 aromatic carbocycles. The fourth-order valence-corrected chi connectivity index (χ4v) is 1.69. The van der Waals surface area contributed by atoms with Crippen LogP contribution >= 0.6 is 0 Å². The molecule has 0 aliphatic heterocycles. The second-order valence-corrected chi connectivity index (χ2v) is 3.80. The van der Waals surface area contributed by atoms with E-state index in [9.17, 15) is 4.79 Å². The molecule has 0 aliphatic carbocycles. The number of aryl methyl sites for hydroxylation is 1. The summed E-state index contributed by atoms with van der Waals surface area (Å²) in [6.45, 7) is 4.12. The molecule has 1 N–H and O–H groups in total. The van der Waals surface area contributed by atoms with E-state index in [1.165, 1.54) is 0 Å². The second-order valence-electron chi connectivity index (χ2n) is 3.80. The van der Waals surface area contributed by atoms with Crippen LogP contribution in [0, 0.1) is 6.92 Å². The van der Waals surface area contributed by atoms with Crippen molar-refractivity contribution in [2.45, 2.75) is 26.4 Å². The van der Waals surface area contributed by atoms with Gasteiger partial charge in [-0.1, -0.05) is 17.7 Å². The van der Waals surface area contributed by atoms with Gasteiger partial charge in [-0.15, -0.1) is 0 Å². The molecule has 0 unspecified atom stereocenters. The normalized spacial score (nSPS) is 12.2. The molecule has 0 aromatic heterocycles. The number of carboxylic acids is 1. The van der Waals surface area contributed by atoms with Crippen molar-refractivity contribution in [3.63, 3.8) is 0 Å². The zero-order valence-electron chi connectivity index (χ0n) is 10.4. The monoisotopic (exact) mass is 238 g/mol. The van der Waals surface area contributed by atoms with Gasteiger partial charge in [-0.25, -0.2) is 4.79 Å². The van der Waals surface area contributed by atoms with Crippen LogP contribution in [0.1, 0.15) is 18.1 Å². The maximum absolute atomic E-state index is 11.0. The lowest BCUT2D eigenvalue weighted by Gasteiger charge is -2.15. The van der Waals surface area contributed by atoms with Crippen LogP contribution in [0.4, 0.5) is 0 Å². The minimum atomic E-state index is -0.949. The molecule has 0 fully saturated rings. The summed E-state index contributed by atoms with van der Waals surface area (Å²) in [5.74, 6) is -0.253. The van der Waals surface area contributed by atoms with E-state index in [4.69, 9.17) is 14.6 Å². The van der Waals surface area contributed by atoms with Crippen LogP contribution in [-0.2, 0) is 16.0 Å². The first kappa shape index (κ1) is 13.5. The number of rotatable bonds is 6. The average Bonchev–Trinajstić information content (AvgIpc) is 2.28. The summed E-state index contributed by atoms with van der Waals surface area (Å²) < 4.78 is 10.4. The Hall–Kier alpha value is -1.55. The molecule has 4 nitrogen and oxygen atoms in total. The highest BCUT2D eigenvalue weighted by atomic mass is 16.5. The molecule has 0 saturated carbocycles. The van der Waals surface area contributed by atoms with E-state index in [0.29, 0.717) is 18.8 Å². The minimum Gasteiger partial charge on any atom is -0.496 e. The van der Waals surface area contributed by atoms with Crippen LogP contribution in [0.3, 0.4) is 0 Å². The van der Waals surface area contributed by atoms with Gasteiger partial charge in [-0.05, 0) is 25.5 Å². The van der Waals surface area contributed by atoms with Gasteiger partial charge < -0.3 is 14.6 Å². The third-order valence-corrected chi connectivity index (χ3v) is 2.48. The molecule has 17 heavy (non-hydrogen) atoms. The Labute approximate surface area is 101 Å². The number of hydrogen-bond donors (Lipinski definition) is 1. The molecule has 4 heteroatoms. The number of carboxylic acid groups (broad SMARTS) is 1. The third kappa shape index (κ3) is 3.75. The molecule has 1 aromatic rings. The van der Waals surface area contributed by atoms with E-state index in [1.807, 2.05) is 25.1 Å². The Morgan fingerprint density at radius 3 is 2.71 bits per heavy atom. The number of benzene rings is 1. The highest BCUT2D eigenvalue weighted by Crippen LogP contribution is 2.22.